The molecule has 1 fully saturated rings. The summed E-state index contributed by atoms with van der Waals surface area (Å²) >= 11 is 5.12. The van der Waals surface area contributed by atoms with Gasteiger partial charge in [-0.2, -0.15) is 0 Å². The van der Waals surface area contributed by atoms with E-state index in [2.05, 4.69) is 27.3 Å². The van der Waals surface area contributed by atoms with E-state index in [9.17, 15) is 8.42 Å². The Bertz CT molecular complexity index is 498. The lowest BCUT2D eigenvalue weighted by atomic mass is 10.0. The Morgan fingerprint density at radius 2 is 2.28 bits per heavy atom. The summed E-state index contributed by atoms with van der Waals surface area (Å²) in [5.41, 5.74) is 0. The van der Waals surface area contributed by atoms with Gasteiger partial charge in [0.1, 0.15) is 0 Å². The van der Waals surface area contributed by atoms with Crippen molar-refractivity contribution in [3.8, 4) is 0 Å². The Labute approximate surface area is 121 Å². The van der Waals surface area contributed by atoms with E-state index in [4.69, 9.17) is 0 Å². The van der Waals surface area contributed by atoms with Gasteiger partial charge in [-0.1, -0.05) is 6.42 Å². The third-order valence-electron chi connectivity index (χ3n) is 3.50. The maximum absolute atomic E-state index is 12.1. The van der Waals surface area contributed by atoms with Crippen LogP contribution in [0.2, 0.25) is 0 Å². The lowest BCUT2D eigenvalue weighted by Gasteiger charge is -2.29. The average molecular weight is 352 g/mol. The Morgan fingerprint density at radius 3 is 2.83 bits per heavy atom. The molecule has 2 rings (SSSR count). The van der Waals surface area contributed by atoms with Crippen molar-refractivity contribution in [3.63, 3.8) is 0 Å². The summed E-state index contributed by atoms with van der Waals surface area (Å²) in [5, 5.41) is 2.97. The van der Waals surface area contributed by atoms with Gasteiger partial charge in [0.15, 0.2) is 9.84 Å². The van der Waals surface area contributed by atoms with Crippen molar-refractivity contribution in [2.24, 2.45) is 0 Å². The minimum atomic E-state index is -2.92. The van der Waals surface area contributed by atoms with Crippen molar-refractivity contribution in [1.29, 1.82) is 0 Å². The van der Waals surface area contributed by atoms with Gasteiger partial charge in [-0.3, -0.25) is 0 Å². The highest BCUT2D eigenvalue weighted by Crippen LogP contribution is 2.27. The first-order valence-electron chi connectivity index (χ1n) is 6.16. The Morgan fingerprint density at radius 1 is 1.50 bits per heavy atom. The van der Waals surface area contributed by atoms with Gasteiger partial charge in [0, 0.05) is 10.9 Å². The molecular formula is C12H18BrNO2S2. The molecule has 0 spiro atoms. The van der Waals surface area contributed by atoms with E-state index in [0.717, 1.165) is 29.5 Å². The Balaban J connectivity index is 2.12. The van der Waals surface area contributed by atoms with Crippen LogP contribution >= 0.6 is 27.3 Å². The third-order valence-corrected chi connectivity index (χ3v) is 7.49. The minimum Gasteiger partial charge on any atom is -0.315 e. The highest BCUT2D eigenvalue weighted by Gasteiger charge is 2.34. The molecule has 1 aliphatic heterocycles. The quantitative estimate of drug-likeness (QED) is 0.906. The van der Waals surface area contributed by atoms with Crippen LogP contribution in [-0.4, -0.2) is 32.5 Å². The number of thiophene rings is 1. The monoisotopic (exact) mass is 351 g/mol. The molecule has 6 heteroatoms. The molecule has 0 bridgehead atoms. The van der Waals surface area contributed by atoms with E-state index in [-0.39, 0.29) is 11.3 Å². The molecule has 1 aromatic rings. The maximum atomic E-state index is 12.1. The van der Waals surface area contributed by atoms with Gasteiger partial charge >= 0.3 is 0 Å². The molecule has 2 heterocycles. The van der Waals surface area contributed by atoms with Crippen molar-refractivity contribution in [1.82, 2.24) is 5.32 Å². The zero-order chi connectivity index (χ0) is 13.2. The van der Waals surface area contributed by atoms with E-state index in [1.54, 1.807) is 11.3 Å². The van der Waals surface area contributed by atoms with Crippen molar-refractivity contribution in [2.45, 2.75) is 37.0 Å². The summed E-state index contributed by atoms with van der Waals surface area (Å²) in [5.74, 6) is 0.351. The highest BCUT2D eigenvalue weighted by atomic mass is 79.9. The van der Waals surface area contributed by atoms with Crippen LogP contribution in [0.4, 0.5) is 0 Å². The molecule has 0 aromatic carbocycles. The zero-order valence-electron chi connectivity index (χ0n) is 10.4. The molecule has 3 nitrogen and oxygen atoms in total. The summed E-state index contributed by atoms with van der Waals surface area (Å²) in [4.78, 5) is 1.22. The van der Waals surface area contributed by atoms with Gasteiger partial charge in [-0.05, 0) is 54.4 Å². The summed E-state index contributed by atoms with van der Waals surface area (Å²) in [7, 11) is -1.06. The standard InChI is InChI=1S/C12H18BrNO2S2/c1-14-10(8-9-5-6-12(13)17-9)11-4-2-3-7-18(11,15)16/h5-6,10-11,14H,2-4,7-8H2,1H3. The number of sulfone groups is 1. The van der Waals surface area contributed by atoms with Crippen LogP contribution in [0.25, 0.3) is 0 Å². The first-order chi connectivity index (χ1) is 8.53. The molecule has 1 saturated heterocycles. The molecular weight excluding hydrogens is 334 g/mol. The first-order valence-corrected chi connectivity index (χ1v) is 9.48. The van der Waals surface area contributed by atoms with Crippen LogP contribution in [0, 0.1) is 0 Å². The number of rotatable bonds is 4. The summed E-state index contributed by atoms with van der Waals surface area (Å²) in [6.07, 6.45) is 3.42. The second kappa shape index (κ2) is 6.03. The number of hydrogen-bond donors (Lipinski definition) is 1. The van der Waals surface area contributed by atoms with Crippen LogP contribution in [0.1, 0.15) is 24.1 Å². The smallest absolute Gasteiger partial charge is 0.154 e. The van der Waals surface area contributed by atoms with E-state index in [0.29, 0.717) is 5.75 Å². The van der Waals surface area contributed by atoms with Crippen molar-refractivity contribution >= 4 is 37.1 Å². The number of nitrogens with one attached hydrogen (secondary N) is 1. The predicted molar refractivity (Wildman–Crippen MR) is 80.0 cm³/mol. The van der Waals surface area contributed by atoms with Gasteiger partial charge in [-0.25, -0.2) is 8.42 Å². The summed E-state index contributed by atoms with van der Waals surface area (Å²) in [6, 6.07) is 4.11. The van der Waals surface area contributed by atoms with Crippen LogP contribution < -0.4 is 5.32 Å². The fourth-order valence-electron chi connectivity index (χ4n) is 2.53. The summed E-state index contributed by atoms with van der Waals surface area (Å²) in [6.45, 7) is 0. The summed E-state index contributed by atoms with van der Waals surface area (Å²) < 4.78 is 25.4. The average Bonchev–Trinajstić information content (AvgIpc) is 2.72. The van der Waals surface area contributed by atoms with Gasteiger partial charge in [0.2, 0.25) is 0 Å². The molecule has 0 aliphatic carbocycles. The third kappa shape index (κ3) is 3.35. The second-order valence-corrected chi connectivity index (χ2v) is 9.59. The molecule has 18 heavy (non-hydrogen) atoms. The molecule has 0 radical (unpaired) electrons. The fourth-order valence-corrected chi connectivity index (χ4v) is 6.24. The molecule has 2 atom stereocenters. The van der Waals surface area contributed by atoms with Gasteiger partial charge in [0.05, 0.1) is 14.8 Å². The lowest BCUT2D eigenvalue weighted by molar-refractivity contribution is 0.458. The maximum Gasteiger partial charge on any atom is 0.154 e. The van der Waals surface area contributed by atoms with E-state index in [1.165, 1.54) is 4.88 Å². The minimum absolute atomic E-state index is 0.0286. The SMILES string of the molecule is CNC(Cc1ccc(Br)s1)C1CCCCS1(=O)=O. The highest BCUT2D eigenvalue weighted by molar-refractivity contribution is 9.11. The number of hydrogen-bond acceptors (Lipinski definition) is 4. The van der Waals surface area contributed by atoms with Crippen LogP contribution in [0.3, 0.4) is 0 Å². The van der Waals surface area contributed by atoms with Gasteiger partial charge in [0.25, 0.3) is 0 Å². The Hall–Kier alpha value is 0.0900. The first kappa shape index (κ1) is 14.5. The van der Waals surface area contributed by atoms with Crippen molar-refractivity contribution in [2.75, 3.05) is 12.8 Å². The van der Waals surface area contributed by atoms with E-state index < -0.39 is 9.84 Å². The number of likely N-dealkylation sites (N-methyl/N-ethyl adjacent to an activating group) is 1. The number of halogens is 1. The van der Waals surface area contributed by atoms with E-state index in [1.807, 2.05) is 13.1 Å². The predicted octanol–water partition coefficient (Wildman–Crippen LogP) is 2.61. The lowest BCUT2D eigenvalue weighted by Crippen LogP contribution is -2.46. The molecule has 2 unspecified atom stereocenters. The largest absolute Gasteiger partial charge is 0.315 e. The zero-order valence-corrected chi connectivity index (χ0v) is 13.6. The fraction of sp³-hybridized carbons (Fsp3) is 0.667. The van der Waals surface area contributed by atoms with Crippen LogP contribution in [0.15, 0.2) is 15.9 Å². The molecule has 1 aromatic heterocycles. The van der Waals surface area contributed by atoms with Crippen molar-refractivity contribution in [3.05, 3.63) is 20.8 Å². The van der Waals surface area contributed by atoms with Crippen LogP contribution in [0.5, 0.6) is 0 Å². The van der Waals surface area contributed by atoms with Gasteiger partial charge in [-0.15, -0.1) is 11.3 Å². The molecule has 0 saturated carbocycles. The normalized spacial score (nSPS) is 24.9. The Kier molecular flexibility index (Phi) is 4.86. The second-order valence-electron chi connectivity index (χ2n) is 4.71. The molecule has 102 valence electrons. The van der Waals surface area contributed by atoms with Gasteiger partial charge < -0.3 is 5.32 Å². The molecule has 1 N–H and O–H groups in total. The molecule has 0 amide bonds. The topological polar surface area (TPSA) is 46.2 Å². The van der Waals surface area contributed by atoms with Crippen LogP contribution in [-0.2, 0) is 16.3 Å². The molecule has 1 aliphatic rings. The van der Waals surface area contributed by atoms with E-state index >= 15 is 0 Å². The van der Waals surface area contributed by atoms with Crippen molar-refractivity contribution < 1.29 is 8.42 Å².